The van der Waals surface area contributed by atoms with Crippen molar-refractivity contribution >= 4 is 17.1 Å². The molecule has 2 bridgehead atoms. The third kappa shape index (κ3) is 5.16. The second-order valence-corrected chi connectivity index (χ2v) is 18.1. The van der Waals surface area contributed by atoms with Crippen molar-refractivity contribution in [3.8, 4) is 33.4 Å². The standard InChI is InChI=1S/C57H47N/c1-56(2,3)39-26-30-47-48(34-39)53-46-22-13-12-21-45(46)52(47)54-42(38-18-10-7-11-19-38)32-33-51(55(53)54)58(40-27-24-37(25-28-40)36-16-8-6-9-17-36)41-29-31-44-43-20-14-15-23-49(43)57(4,5)50(44)35-41/h6-35,52-53H,1-5H3. The van der Waals surface area contributed by atoms with E-state index in [0.29, 0.717) is 0 Å². The zero-order valence-corrected chi connectivity index (χ0v) is 33.9. The Labute approximate surface area is 343 Å². The lowest BCUT2D eigenvalue weighted by Crippen LogP contribution is -2.30. The molecule has 2 unspecified atom stereocenters. The monoisotopic (exact) mass is 745 g/mol. The quantitative estimate of drug-likeness (QED) is 0.170. The maximum absolute atomic E-state index is 2.57. The van der Waals surface area contributed by atoms with Crippen LogP contribution in [-0.4, -0.2) is 0 Å². The molecule has 0 saturated heterocycles. The summed E-state index contributed by atoms with van der Waals surface area (Å²) in [5.41, 5.74) is 23.9. The average molecular weight is 746 g/mol. The predicted octanol–water partition coefficient (Wildman–Crippen LogP) is 15.1. The largest absolute Gasteiger partial charge is 0.310 e. The summed E-state index contributed by atoms with van der Waals surface area (Å²) in [6.07, 6.45) is 0. The van der Waals surface area contributed by atoms with E-state index in [-0.39, 0.29) is 22.7 Å². The minimum absolute atomic E-state index is 0.0319. The molecule has 2 atom stereocenters. The molecule has 4 aliphatic rings. The Morgan fingerprint density at radius 1 is 0.414 bits per heavy atom. The van der Waals surface area contributed by atoms with Gasteiger partial charge in [-0.1, -0.05) is 186 Å². The second-order valence-electron chi connectivity index (χ2n) is 18.1. The average Bonchev–Trinajstić information content (AvgIpc) is 3.49. The fourth-order valence-corrected chi connectivity index (χ4v) is 10.5. The Kier molecular flexibility index (Phi) is 7.67. The molecule has 0 N–H and O–H groups in total. The summed E-state index contributed by atoms with van der Waals surface area (Å²) in [6, 6.07) is 68.7. The normalized spacial score (nSPS) is 16.5. The van der Waals surface area contributed by atoms with Gasteiger partial charge in [0.15, 0.2) is 0 Å². The summed E-state index contributed by atoms with van der Waals surface area (Å²) >= 11 is 0. The van der Waals surface area contributed by atoms with E-state index in [1.807, 2.05) is 0 Å². The first-order chi connectivity index (χ1) is 28.2. The van der Waals surface area contributed by atoms with Crippen LogP contribution in [0.2, 0.25) is 0 Å². The Bertz CT molecular complexity index is 2890. The fourth-order valence-electron chi connectivity index (χ4n) is 10.5. The molecule has 0 amide bonds. The number of hydrogen-bond acceptors (Lipinski definition) is 1. The number of nitrogens with zero attached hydrogens (tertiary/aromatic N) is 1. The van der Waals surface area contributed by atoms with Gasteiger partial charge in [-0.05, 0) is 119 Å². The molecule has 0 fully saturated rings. The van der Waals surface area contributed by atoms with Crippen LogP contribution in [-0.2, 0) is 10.8 Å². The molecule has 0 aromatic heterocycles. The molecule has 0 heterocycles. The van der Waals surface area contributed by atoms with Crippen molar-refractivity contribution in [2.75, 3.05) is 4.90 Å². The Morgan fingerprint density at radius 3 is 1.67 bits per heavy atom. The molecule has 12 rings (SSSR count). The van der Waals surface area contributed by atoms with E-state index in [1.54, 1.807) is 0 Å². The number of fused-ring (bicyclic) bond motifs is 3. The van der Waals surface area contributed by atoms with Crippen LogP contribution in [0.15, 0.2) is 182 Å². The molecule has 0 saturated carbocycles. The van der Waals surface area contributed by atoms with Crippen LogP contribution in [0.4, 0.5) is 17.1 Å². The molecule has 1 heteroatoms. The van der Waals surface area contributed by atoms with Gasteiger partial charge in [0.1, 0.15) is 0 Å². The molecule has 58 heavy (non-hydrogen) atoms. The summed E-state index contributed by atoms with van der Waals surface area (Å²) < 4.78 is 0. The van der Waals surface area contributed by atoms with Gasteiger partial charge in [0, 0.05) is 28.6 Å². The van der Waals surface area contributed by atoms with E-state index in [0.717, 1.165) is 5.69 Å². The van der Waals surface area contributed by atoms with Gasteiger partial charge < -0.3 is 4.90 Å². The third-order valence-electron chi connectivity index (χ3n) is 13.4. The molecule has 0 spiro atoms. The molecular formula is C57H47N. The summed E-state index contributed by atoms with van der Waals surface area (Å²) in [7, 11) is 0. The minimum atomic E-state index is -0.123. The summed E-state index contributed by atoms with van der Waals surface area (Å²) in [5.74, 6) is 0.194. The summed E-state index contributed by atoms with van der Waals surface area (Å²) in [5, 5.41) is 0. The third-order valence-corrected chi connectivity index (χ3v) is 13.4. The highest BCUT2D eigenvalue weighted by Crippen LogP contribution is 2.61. The smallest absolute Gasteiger partial charge is 0.0506 e. The zero-order chi connectivity index (χ0) is 39.3. The van der Waals surface area contributed by atoms with Crippen LogP contribution in [0.25, 0.3) is 33.4 Å². The van der Waals surface area contributed by atoms with Gasteiger partial charge in [0.05, 0.1) is 5.69 Å². The molecule has 8 aromatic rings. The molecule has 280 valence electrons. The fraction of sp³-hybridized carbons (Fsp3) is 0.158. The Balaban J connectivity index is 1.20. The van der Waals surface area contributed by atoms with Gasteiger partial charge in [-0.25, -0.2) is 0 Å². The van der Waals surface area contributed by atoms with Gasteiger partial charge >= 0.3 is 0 Å². The summed E-state index contributed by atoms with van der Waals surface area (Å²) in [4.78, 5) is 2.57. The van der Waals surface area contributed by atoms with Crippen molar-refractivity contribution < 1.29 is 0 Å². The van der Waals surface area contributed by atoms with Crippen LogP contribution in [0.1, 0.15) is 96.5 Å². The summed E-state index contributed by atoms with van der Waals surface area (Å²) in [6.45, 7) is 11.8. The minimum Gasteiger partial charge on any atom is -0.310 e. The highest BCUT2D eigenvalue weighted by atomic mass is 15.1. The van der Waals surface area contributed by atoms with E-state index >= 15 is 0 Å². The topological polar surface area (TPSA) is 3.24 Å². The van der Waals surface area contributed by atoms with Crippen molar-refractivity contribution in [2.24, 2.45) is 0 Å². The van der Waals surface area contributed by atoms with E-state index in [1.165, 1.54) is 94.8 Å². The Morgan fingerprint density at radius 2 is 0.966 bits per heavy atom. The van der Waals surface area contributed by atoms with E-state index in [2.05, 4.69) is 222 Å². The zero-order valence-electron chi connectivity index (χ0n) is 33.9. The van der Waals surface area contributed by atoms with E-state index < -0.39 is 0 Å². The van der Waals surface area contributed by atoms with Crippen LogP contribution >= 0.6 is 0 Å². The molecule has 1 nitrogen and oxygen atoms in total. The van der Waals surface area contributed by atoms with E-state index in [9.17, 15) is 0 Å². The first-order valence-corrected chi connectivity index (χ1v) is 20.8. The van der Waals surface area contributed by atoms with Gasteiger partial charge in [0.2, 0.25) is 0 Å². The molecule has 0 radical (unpaired) electrons. The maximum atomic E-state index is 2.57. The molecular weight excluding hydrogens is 699 g/mol. The predicted molar refractivity (Wildman–Crippen MR) is 243 cm³/mol. The lowest BCUT2D eigenvalue weighted by Gasteiger charge is -2.46. The van der Waals surface area contributed by atoms with Crippen LogP contribution < -0.4 is 4.90 Å². The highest BCUT2D eigenvalue weighted by Gasteiger charge is 2.45. The first kappa shape index (κ1) is 34.8. The first-order valence-electron chi connectivity index (χ1n) is 20.8. The van der Waals surface area contributed by atoms with Crippen molar-refractivity contribution in [1.29, 1.82) is 0 Å². The SMILES string of the molecule is CC(C)(C)c1ccc2c(c1)C1c3ccccc3C2c2c(-c3ccccc3)ccc(N(c3ccc(-c4ccccc4)cc3)c3ccc4c(c3)C(C)(C)c3ccccc3-4)c21. The maximum Gasteiger partial charge on any atom is 0.0506 e. The lowest BCUT2D eigenvalue weighted by molar-refractivity contribution is 0.587. The van der Waals surface area contributed by atoms with Gasteiger partial charge in [0.25, 0.3) is 0 Å². The second kappa shape index (κ2) is 12.8. The van der Waals surface area contributed by atoms with Crippen LogP contribution in [0.3, 0.4) is 0 Å². The van der Waals surface area contributed by atoms with Crippen molar-refractivity contribution in [1.82, 2.24) is 0 Å². The van der Waals surface area contributed by atoms with Crippen LogP contribution in [0, 0.1) is 0 Å². The highest BCUT2D eigenvalue weighted by molar-refractivity contribution is 5.91. The molecule has 0 aliphatic heterocycles. The number of hydrogen-bond donors (Lipinski definition) is 0. The lowest BCUT2D eigenvalue weighted by atomic mass is 9.59. The Hall–Kier alpha value is -6.44. The van der Waals surface area contributed by atoms with Gasteiger partial charge in [-0.3, -0.25) is 0 Å². The number of anilines is 3. The van der Waals surface area contributed by atoms with Crippen molar-refractivity contribution in [3.63, 3.8) is 0 Å². The van der Waals surface area contributed by atoms with E-state index in [4.69, 9.17) is 0 Å². The van der Waals surface area contributed by atoms with Crippen molar-refractivity contribution in [3.05, 3.63) is 232 Å². The number of benzene rings is 8. The number of rotatable bonds is 5. The molecule has 4 aliphatic carbocycles. The van der Waals surface area contributed by atoms with Gasteiger partial charge in [-0.2, -0.15) is 0 Å². The van der Waals surface area contributed by atoms with Crippen LogP contribution in [0.5, 0.6) is 0 Å². The van der Waals surface area contributed by atoms with Crippen molar-refractivity contribution in [2.45, 2.75) is 57.3 Å². The van der Waals surface area contributed by atoms with Gasteiger partial charge in [-0.15, -0.1) is 0 Å². The molecule has 8 aromatic carbocycles.